The van der Waals surface area contributed by atoms with Crippen LogP contribution in [0.15, 0.2) is 18.2 Å². The van der Waals surface area contributed by atoms with Gasteiger partial charge in [0.25, 0.3) is 0 Å². The molecule has 0 aromatic heterocycles. The molecule has 1 rings (SSSR count). The van der Waals surface area contributed by atoms with Crippen LogP contribution in [0.2, 0.25) is 0 Å². The second kappa shape index (κ2) is 6.96. The van der Waals surface area contributed by atoms with Crippen molar-refractivity contribution in [1.82, 2.24) is 0 Å². The first-order valence-electron chi connectivity index (χ1n) is 8.35. The number of aliphatic hydroxyl groups is 1. The van der Waals surface area contributed by atoms with Gasteiger partial charge in [-0.2, -0.15) is 0 Å². The summed E-state index contributed by atoms with van der Waals surface area (Å²) in [6.45, 7) is 17.8. The van der Waals surface area contributed by atoms with Crippen LogP contribution in [0.4, 0.5) is 0 Å². The van der Waals surface area contributed by atoms with Crippen LogP contribution < -0.4 is 0 Å². The highest BCUT2D eigenvalue weighted by Gasteiger charge is 2.25. The van der Waals surface area contributed by atoms with Crippen LogP contribution >= 0.6 is 0 Å². The first-order valence-corrected chi connectivity index (χ1v) is 8.35. The molecule has 0 amide bonds. The molecule has 0 saturated heterocycles. The normalized spacial score (nSPS) is 15.6. The lowest BCUT2D eigenvalue weighted by Gasteiger charge is -2.30. The maximum absolute atomic E-state index is 10.7. The molecule has 0 spiro atoms. The lowest BCUT2D eigenvalue weighted by Crippen LogP contribution is -2.20. The van der Waals surface area contributed by atoms with Crippen LogP contribution in [0.25, 0.3) is 0 Å². The molecule has 1 aromatic rings. The van der Waals surface area contributed by atoms with Gasteiger partial charge in [0.1, 0.15) is 0 Å². The summed E-state index contributed by atoms with van der Waals surface area (Å²) in [5, 5.41) is 10.7. The molecule has 0 fully saturated rings. The maximum atomic E-state index is 10.7. The Morgan fingerprint density at radius 2 is 1.48 bits per heavy atom. The highest BCUT2D eigenvalue weighted by molar-refractivity contribution is 5.37. The molecular weight excluding hydrogens is 256 g/mol. The Hall–Kier alpha value is -0.820. The van der Waals surface area contributed by atoms with Crippen LogP contribution in [-0.2, 0) is 0 Å². The smallest absolute Gasteiger partial charge is 0.0795 e. The molecule has 1 heteroatoms. The maximum Gasteiger partial charge on any atom is 0.0795 e. The van der Waals surface area contributed by atoms with Crippen LogP contribution in [0.3, 0.4) is 0 Å². The fourth-order valence-electron chi connectivity index (χ4n) is 2.57. The van der Waals surface area contributed by atoms with E-state index >= 15 is 0 Å². The fourth-order valence-corrected chi connectivity index (χ4v) is 2.57. The second-order valence-electron chi connectivity index (χ2n) is 8.22. The summed E-state index contributed by atoms with van der Waals surface area (Å²) in [7, 11) is 0. The Kier molecular flexibility index (Phi) is 6.04. The van der Waals surface area contributed by atoms with Crippen molar-refractivity contribution < 1.29 is 5.11 Å². The topological polar surface area (TPSA) is 20.2 Å². The van der Waals surface area contributed by atoms with Crippen LogP contribution in [0, 0.1) is 11.3 Å². The van der Waals surface area contributed by atoms with Crippen molar-refractivity contribution >= 4 is 0 Å². The number of hydrogen-bond donors (Lipinski definition) is 1. The lowest BCUT2D eigenvalue weighted by molar-refractivity contribution is 0.110. The van der Waals surface area contributed by atoms with Gasteiger partial charge in [-0.3, -0.25) is 0 Å². The molecule has 0 bridgehead atoms. The highest BCUT2D eigenvalue weighted by atomic mass is 16.3. The molecule has 1 N–H and O–H groups in total. The summed E-state index contributed by atoms with van der Waals surface area (Å²) in [5.74, 6) is 1.46. The summed E-state index contributed by atoms with van der Waals surface area (Å²) in [5.41, 5.74) is 4.01. The van der Waals surface area contributed by atoms with Crippen molar-refractivity contribution in [2.75, 3.05) is 0 Å². The Morgan fingerprint density at radius 1 is 0.905 bits per heavy atom. The number of rotatable bonds is 5. The summed E-state index contributed by atoms with van der Waals surface area (Å²) >= 11 is 0. The number of hydrogen-bond acceptors (Lipinski definition) is 1. The lowest BCUT2D eigenvalue weighted by atomic mass is 9.77. The largest absolute Gasteiger partial charge is 0.388 e. The summed E-state index contributed by atoms with van der Waals surface area (Å²) in [4.78, 5) is 0. The van der Waals surface area contributed by atoms with E-state index in [-0.39, 0.29) is 11.5 Å². The summed E-state index contributed by atoms with van der Waals surface area (Å²) < 4.78 is 0. The Morgan fingerprint density at radius 3 is 1.90 bits per heavy atom. The van der Waals surface area contributed by atoms with Gasteiger partial charge in [0.2, 0.25) is 0 Å². The summed E-state index contributed by atoms with van der Waals surface area (Å²) in [6.07, 6.45) is 0.461. The Bertz CT molecular complexity index is 451. The predicted octanol–water partition coefficient (Wildman–Crippen LogP) is 6.04. The van der Waals surface area contributed by atoms with Crippen molar-refractivity contribution in [3.63, 3.8) is 0 Å². The van der Waals surface area contributed by atoms with Crippen molar-refractivity contribution in [1.29, 1.82) is 0 Å². The van der Waals surface area contributed by atoms with Gasteiger partial charge in [-0.1, -0.05) is 73.6 Å². The van der Waals surface area contributed by atoms with E-state index in [1.165, 1.54) is 11.1 Å². The van der Waals surface area contributed by atoms with E-state index in [4.69, 9.17) is 0 Å². The van der Waals surface area contributed by atoms with Crippen molar-refractivity contribution in [2.24, 2.45) is 11.3 Å². The zero-order valence-corrected chi connectivity index (χ0v) is 15.2. The monoisotopic (exact) mass is 290 g/mol. The zero-order chi connectivity index (χ0) is 16.4. The number of aliphatic hydroxyl groups excluding tert-OH is 1. The molecule has 0 aliphatic heterocycles. The molecule has 2 unspecified atom stereocenters. The molecule has 21 heavy (non-hydrogen) atoms. The predicted molar refractivity (Wildman–Crippen MR) is 92.8 cm³/mol. The van der Waals surface area contributed by atoms with Gasteiger partial charge in [0.05, 0.1) is 6.10 Å². The van der Waals surface area contributed by atoms with Gasteiger partial charge >= 0.3 is 0 Å². The molecule has 0 radical (unpaired) electrons. The third kappa shape index (κ3) is 4.85. The number of benzene rings is 1. The van der Waals surface area contributed by atoms with Crippen molar-refractivity contribution in [3.05, 3.63) is 34.9 Å². The molecule has 120 valence electrons. The van der Waals surface area contributed by atoms with Crippen LogP contribution in [-0.4, -0.2) is 5.11 Å². The van der Waals surface area contributed by atoms with Crippen LogP contribution in [0.5, 0.6) is 0 Å². The standard InChI is InChI=1S/C20H34O/c1-13(2)16-9-10-17(18(12-16)14(3)4)19(21)11-15(5)20(6,7)8/h9-10,12-15,19,21H,11H2,1-8H3. The van der Waals surface area contributed by atoms with E-state index in [1.807, 2.05) is 0 Å². The van der Waals surface area contributed by atoms with E-state index in [0.29, 0.717) is 17.8 Å². The van der Waals surface area contributed by atoms with E-state index in [9.17, 15) is 5.11 Å². The molecule has 0 heterocycles. The first-order chi connectivity index (χ1) is 9.54. The molecule has 0 aliphatic rings. The highest BCUT2D eigenvalue weighted by Crippen LogP contribution is 2.36. The molecular formula is C20H34O. The fraction of sp³-hybridized carbons (Fsp3) is 0.700. The van der Waals surface area contributed by atoms with Gasteiger partial charge in [0, 0.05) is 0 Å². The minimum Gasteiger partial charge on any atom is -0.388 e. The second-order valence-corrected chi connectivity index (χ2v) is 8.22. The first kappa shape index (κ1) is 18.2. The minimum absolute atomic E-state index is 0.233. The molecule has 0 aliphatic carbocycles. The molecule has 1 nitrogen and oxygen atoms in total. The van der Waals surface area contributed by atoms with E-state index in [1.54, 1.807) is 0 Å². The van der Waals surface area contributed by atoms with Gasteiger partial charge in [-0.15, -0.1) is 0 Å². The molecule has 2 atom stereocenters. The minimum atomic E-state index is -0.363. The Balaban J connectivity index is 3.06. The average molecular weight is 290 g/mol. The quantitative estimate of drug-likeness (QED) is 0.701. The van der Waals surface area contributed by atoms with Gasteiger partial charge in [-0.25, -0.2) is 0 Å². The van der Waals surface area contributed by atoms with Gasteiger partial charge in [-0.05, 0) is 46.3 Å². The van der Waals surface area contributed by atoms with Gasteiger partial charge < -0.3 is 5.11 Å². The zero-order valence-electron chi connectivity index (χ0n) is 15.2. The van der Waals surface area contributed by atoms with Crippen molar-refractivity contribution in [3.8, 4) is 0 Å². The van der Waals surface area contributed by atoms with Crippen molar-refractivity contribution in [2.45, 2.75) is 79.8 Å². The van der Waals surface area contributed by atoms with E-state index < -0.39 is 0 Å². The van der Waals surface area contributed by atoms with E-state index in [2.05, 4.69) is 73.6 Å². The Labute approximate surface area is 131 Å². The third-order valence-corrected chi connectivity index (χ3v) is 4.81. The van der Waals surface area contributed by atoms with E-state index in [0.717, 1.165) is 12.0 Å². The average Bonchev–Trinajstić information content (AvgIpc) is 2.36. The SMILES string of the molecule is CC(C)c1ccc(C(O)CC(C)C(C)(C)C)c(C(C)C)c1. The van der Waals surface area contributed by atoms with Gasteiger partial charge in [0.15, 0.2) is 0 Å². The molecule has 0 saturated carbocycles. The summed E-state index contributed by atoms with van der Waals surface area (Å²) in [6, 6.07) is 6.61. The molecule has 1 aromatic carbocycles. The van der Waals surface area contributed by atoms with Crippen LogP contribution in [0.1, 0.15) is 96.4 Å². The third-order valence-electron chi connectivity index (χ3n) is 4.81.